The minimum absolute atomic E-state index is 0.0900. The van der Waals surface area contributed by atoms with Gasteiger partial charge in [0.2, 0.25) is 0 Å². The number of ether oxygens (including phenoxy) is 1. The van der Waals surface area contributed by atoms with E-state index in [9.17, 15) is 4.79 Å². The molecule has 0 bridgehead atoms. The van der Waals surface area contributed by atoms with Gasteiger partial charge in [0.1, 0.15) is 22.0 Å². The third kappa shape index (κ3) is 2.04. The van der Waals surface area contributed by atoms with Crippen molar-refractivity contribution in [2.75, 3.05) is 7.11 Å². The lowest BCUT2D eigenvalue weighted by Crippen LogP contribution is -2.06. The van der Waals surface area contributed by atoms with Crippen LogP contribution in [0.1, 0.15) is 15.9 Å². The lowest BCUT2D eigenvalue weighted by atomic mass is 10.1. The second-order valence-electron chi connectivity index (χ2n) is 3.38. The van der Waals surface area contributed by atoms with E-state index in [4.69, 9.17) is 21.9 Å². The van der Waals surface area contributed by atoms with Gasteiger partial charge in [-0.3, -0.25) is 0 Å². The molecule has 2 heterocycles. The molecule has 0 aliphatic carbocycles. The number of hydrogen-bond donors (Lipinski definition) is 1. The summed E-state index contributed by atoms with van der Waals surface area (Å²) in [6, 6.07) is 6.80. The monoisotopic (exact) mass is 260 g/mol. The Balaban J connectivity index is 2.68. The fourth-order valence-corrected chi connectivity index (χ4v) is 1.77. The number of nitrogens with zero attached hydrogens (tertiary/aromatic N) is 1. The number of aromatic nitrogens is 1. The van der Waals surface area contributed by atoms with E-state index in [2.05, 4.69) is 9.72 Å². The molecule has 0 radical (unpaired) electrons. The Morgan fingerprint density at radius 1 is 1.61 bits per heavy atom. The topological polar surface area (TPSA) is 79.0 Å². The van der Waals surface area contributed by atoms with Crippen LogP contribution in [0, 0.1) is 16.0 Å². The Morgan fingerprint density at radius 3 is 2.94 bits per heavy atom. The molecular weight excluding hydrogens is 252 g/mol. The van der Waals surface area contributed by atoms with Crippen LogP contribution in [0.25, 0.3) is 11.5 Å². The average molecular weight is 260 g/mol. The number of aromatic amines is 1. The summed E-state index contributed by atoms with van der Waals surface area (Å²) in [4.78, 5) is 14.4. The van der Waals surface area contributed by atoms with E-state index in [1.807, 2.05) is 6.07 Å². The fourth-order valence-electron chi connectivity index (χ4n) is 1.51. The molecule has 2 rings (SSSR count). The Bertz CT molecular complexity index is 680. The van der Waals surface area contributed by atoms with Crippen molar-refractivity contribution in [2.24, 2.45) is 0 Å². The summed E-state index contributed by atoms with van der Waals surface area (Å²) in [6.45, 7) is 0. The number of pyridine rings is 1. The summed E-state index contributed by atoms with van der Waals surface area (Å²) < 4.78 is 10.0. The first-order valence-corrected chi connectivity index (χ1v) is 5.37. The molecule has 0 aromatic carbocycles. The lowest BCUT2D eigenvalue weighted by molar-refractivity contribution is 0.0600. The smallest absolute Gasteiger partial charge is 0.339 e. The SMILES string of the molecule is COC(=O)c1cc(-c2ccco2)[nH]c(=S)c1C#N. The molecule has 0 saturated carbocycles. The van der Waals surface area contributed by atoms with Gasteiger partial charge in [0, 0.05) is 0 Å². The molecule has 0 saturated heterocycles. The minimum Gasteiger partial charge on any atom is -0.465 e. The number of H-pyrrole nitrogens is 1. The average Bonchev–Trinajstić information content (AvgIpc) is 2.90. The number of rotatable bonds is 2. The molecule has 0 amide bonds. The summed E-state index contributed by atoms with van der Waals surface area (Å²) in [7, 11) is 1.25. The first kappa shape index (κ1) is 12.1. The van der Waals surface area contributed by atoms with Crippen LogP contribution in [0.15, 0.2) is 28.9 Å². The summed E-state index contributed by atoms with van der Waals surface area (Å²) in [6.07, 6.45) is 1.50. The van der Waals surface area contributed by atoms with Crippen LogP contribution in [0.3, 0.4) is 0 Å². The van der Waals surface area contributed by atoms with E-state index in [0.717, 1.165) is 0 Å². The number of furan rings is 1. The normalized spacial score (nSPS) is 9.78. The molecule has 2 aromatic rings. The number of nitriles is 1. The number of nitrogens with one attached hydrogen (secondary N) is 1. The van der Waals surface area contributed by atoms with E-state index in [1.165, 1.54) is 19.4 Å². The van der Waals surface area contributed by atoms with Gasteiger partial charge in [0.25, 0.3) is 0 Å². The number of esters is 1. The number of hydrogen-bond acceptors (Lipinski definition) is 5. The van der Waals surface area contributed by atoms with E-state index < -0.39 is 5.97 Å². The van der Waals surface area contributed by atoms with Crippen molar-refractivity contribution in [1.82, 2.24) is 4.98 Å². The Hall–Kier alpha value is -2.39. The van der Waals surface area contributed by atoms with Crippen LogP contribution in [0.5, 0.6) is 0 Å². The number of carbonyl (C=O) groups is 1. The van der Waals surface area contributed by atoms with Gasteiger partial charge in [0.15, 0.2) is 0 Å². The highest BCUT2D eigenvalue weighted by molar-refractivity contribution is 7.71. The van der Waals surface area contributed by atoms with E-state index in [1.54, 1.807) is 12.1 Å². The van der Waals surface area contributed by atoms with Gasteiger partial charge < -0.3 is 14.1 Å². The highest BCUT2D eigenvalue weighted by Crippen LogP contribution is 2.21. The molecule has 0 aliphatic heterocycles. The maximum Gasteiger partial charge on any atom is 0.339 e. The molecular formula is C12H8N2O3S. The Labute approximate surface area is 108 Å². The van der Waals surface area contributed by atoms with Crippen molar-refractivity contribution >= 4 is 18.2 Å². The highest BCUT2D eigenvalue weighted by Gasteiger charge is 2.16. The largest absolute Gasteiger partial charge is 0.465 e. The molecule has 6 heteroatoms. The molecule has 0 spiro atoms. The zero-order valence-electron chi connectivity index (χ0n) is 9.39. The molecule has 2 aromatic heterocycles. The van der Waals surface area contributed by atoms with Crippen LogP contribution in [-0.2, 0) is 4.74 Å². The fraction of sp³-hybridized carbons (Fsp3) is 0.0833. The quantitative estimate of drug-likeness (QED) is 0.663. The third-order valence-corrected chi connectivity index (χ3v) is 2.64. The van der Waals surface area contributed by atoms with Gasteiger partial charge in [-0.05, 0) is 18.2 Å². The van der Waals surface area contributed by atoms with Crippen molar-refractivity contribution in [3.63, 3.8) is 0 Å². The van der Waals surface area contributed by atoms with Gasteiger partial charge in [-0.2, -0.15) is 5.26 Å². The second-order valence-corrected chi connectivity index (χ2v) is 3.79. The van der Waals surface area contributed by atoms with Crippen LogP contribution in [0.2, 0.25) is 0 Å². The van der Waals surface area contributed by atoms with Crippen LogP contribution >= 0.6 is 12.2 Å². The second kappa shape index (κ2) is 4.85. The predicted octanol–water partition coefficient (Wildman–Crippen LogP) is 2.66. The summed E-state index contributed by atoms with van der Waals surface area (Å²) in [5, 5.41) is 9.00. The van der Waals surface area contributed by atoms with Crippen LogP contribution < -0.4 is 0 Å². The van der Waals surface area contributed by atoms with Crippen molar-refractivity contribution in [1.29, 1.82) is 5.26 Å². The van der Waals surface area contributed by atoms with Crippen molar-refractivity contribution in [2.45, 2.75) is 0 Å². The van der Waals surface area contributed by atoms with E-state index in [-0.39, 0.29) is 15.8 Å². The Morgan fingerprint density at radius 2 is 2.39 bits per heavy atom. The van der Waals surface area contributed by atoms with Crippen LogP contribution in [0.4, 0.5) is 0 Å². The van der Waals surface area contributed by atoms with Gasteiger partial charge in [-0.25, -0.2) is 4.79 Å². The lowest BCUT2D eigenvalue weighted by Gasteiger charge is -2.05. The molecule has 90 valence electrons. The molecule has 0 fully saturated rings. The minimum atomic E-state index is -0.612. The molecule has 0 unspecified atom stereocenters. The van der Waals surface area contributed by atoms with Crippen molar-refractivity contribution in [3.05, 3.63) is 40.2 Å². The molecule has 0 atom stereocenters. The molecule has 5 nitrogen and oxygen atoms in total. The van der Waals surface area contributed by atoms with Crippen LogP contribution in [-0.4, -0.2) is 18.1 Å². The van der Waals surface area contributed by atoms with Gasteiger partial charge in [0.05, 0.1) is 24.6 Å². The highest BCUT2D eigenvalue weighted by atomic mass is 32.1. The van der Waals surface area contributed by atoms with Gasteiger partial charge in [-0.1, -0.05) is 12.2 Å². The number of carbonyl (C=O) groups excluding carboxylic acids is 1. The zero-order chi connectivity index (χ0) is 13.1. The molecule has 1 N–H and O–H groups in total. The zero-order valence-corrected chi connectivity index (χ0v) is 10.2. The summed E-state index contributed by atoms with van der Waals surface area (Å²) >= 11 is 5.04. The maximum atomic E-state index is 11.6. The van der Waals surface area contributed by atoms with Crippen molar-refractivity contribution < 1.29 is 13.9 Å². The summed E-state index contributed by atoms with van der Waals surface area (Å²) in [5.74, 6) is -0.0878. The number of methoxy groups -OCH3 is 1. The first-order valence-electron chi connectivity index (χ1n) is 4.97. The predicted molar refractivity (Wildman–Crippen MR) is 65.4 cm³/mol. The van der Waals surface area contributed by atoms with Gasteiger partial charge in [-0.15, -0.1) is 0 Å². The van der Waals surface area contributed by atoms with Gasteiger partial charge >= 0.3 is 5.97 Å². The first-order chi connectivity index (χ1) is 8.67. The molecule has 18 heavy (non-hydrogen) atoms. The van der Waals surface area contributed by atoms with Crippen molar-refractivity contribution in [3.8, 4) is 17.5 Å². The molecule has 0 aliphatic rings. The summed E-state index contributed by atoms with van der Waals surface area (Å²) in [5.41, 5.74) is 0.728. The van der Waals surface area contributed by atoms with E-state index >= 15 is 0 Å². The third-order valence-electron chi connectivity index (χ3n) is 2.34. The van der Waals surface area contributed by atoms with E-state index in [0.29, 0.717) is 11.5 Å². The maximum absolute atomic E-state index is 11.6. The Kier molecular flexibility index (Phi) is 3.26. The standard InChI is InChI=1S/C12H8N2O3S/c1-16-12(15)7-5-9(10-3-2-4-17-10)14-11(18)8(7)6-13/h2-5H,1H3,(H,14,18).